The molecule has 1 aromatic carbocycles. The molecule has 2 aromatic rings. The molecule has 0 saturated heterocycles. The highest BCUT2D eigenvalue weighted by Crippen LogP contribution is 2.32. The van der Waals surface area contributed by atoms with E-state index in [0.29, 0.717) is 18.9 Å². The number of aryl methyl sites for hydroxylation is 1. The van der Waals surface area contributed by atoms with Crippen LogP contribution >= 0.6 is 0 Å². The van der Waals surface area contributed by atoms with Gasteiger partial charge in [-0.2, -0.15) is 5.10 Å². The standard InChI is InChI=1S/C18H24N6O2/c1-5-21(2)11-16(25)22(3)14-7-6-13-8-9-24(15(13)10-14)18(26)17-19-12-20-23(17)4/h6-7,10,12H,5,8-9,11H2,1-4H3. The predicted molar refractivity (Wildman–Crippen MR) is 99.4 cm³/mol. The molecule has 2 heterocycles. The lowest BCUT2D eigenvalue weighted by Gasteiger charge is -2.23. The molecule has 0 radical (unpaired) electrons. The van der Waals surface area contributed by atoms with Crippen molar-refractivity contribution in [3.63, 3.8) is 0 Å². The third kappa shape index (κ3) is 3.32. The molecule has 0 aliphatic carbocycles. The Kier molecular flexibility index (Phi) is 5.03. The first-order valence-electron chi connectivity index (χ1n) is 8.66. The van der Waals surface area contributed by atoms with Crippen LogP contribution in [0.4, 0.5) is 11.4 Å². The number of hydrogen-bond donors (Lipinski definition) is 0. The van der Waals surface area contributed by atoms with Gasteiger partial charge in [0, 0.05) is 32.0 Å². The van der Waals surface area contributed by atoms with Gasteiger partial charge in [0.2, 0.25) is 11.7 Å². The Morgan fingerprint density at radius 3 is 2.69 bits per heavy atom. The number of fused-ring (bicyclic) bond motifs is 1. The molecule has 1 aliphatic rings. The van der Waals surface area contributed by atoms with Gasteiger partial charge in [-0.15, -0.1) is 0 Å². The zero-order valence-corrected chi connectivity index (χ0v) is 15.6. The van der Waals surface area contributed by atoms with Gasteiger partial charge >= 0.3 is 0 Å². The van der Waals surface area contributed by atoms with E-state index < -0.39 is 0 Å². The summed E-state index contributed by atoms with van der Waals surface area (Å²) in [5.41, 5.74) is 2.70. The highest BCUT2D eigenvalue weighted by molar-refractivity contribution is 6.05. The van der Waals surface area contributed by atoms with Gasteiger partial charge in [0.15, 0.2) is 0 Å². The third-order valence-electron chi connectivity index (χ3n) is 4.82. The van der Waals surface area contributed by atoms with Gasteiger partial charge < -0.3 is 9.80 Å². The minimum absolute atomic E-state index is 0.0125. The topological polar surface area (TPSA) is 74.6 Å². The maximum Gasteiger partial charge on any atom is 0.295 e. The lowest BCUT2D eigenvalue weighted by molar-refractivity contribution is -0.119. The minimum atomic E-state index is -0.180. The van der Waals surface area contributed by atoms with Gasteiger partial charge in [0.1, 0.15) is 6.33 Å². The van der Waals surface area contributed by atoms with Crippen LogP contribution in [0.2, 0.25) is 0 Å². The van der Waals surface area contributed by atoms with E-state index in [9.17, 15) is 9.59 Å². The SMILES string of the molecule is CCN(C)CC(=O)N(C)c1ccc2c(c1)N(C(=O)c1ncnn1C)CC2. The van der Waals surface area contributed by atoms with E-state index in [0.717, 1.165) is 29.9 Å². The molecule has 1 aromatic heterocycles. The molecule has 1 aliphatic heterocycles. The number of hydrogen-bond acceptors (Lipinski definition) is 5. The first-order valence-corrected chi connectivity index (χ1v) is 8.66. The number of carbonyl (C=O) groups is 2. The first kappa shape index (κ1) is 18.1. The van der Waals surface area contributed by atoms with Crippen LogP contribution in [0, 0.1) is 0 Å². The zero-order valence-electron chi connectivity index (χ0n) is 15.6. The summed E-state index contributed by atoms with van der Waals surface area (Å²) in [4.78, 5) is 34.6. The largest absolute Gasteiger partial charge is 0.314 e. The van der Waals surface area contributed by atoms with Crippen molar-refractivity contribution < 1.29 is 9.59 Å². The molecule has 8 nitrogen and oxygen atoms in total. The molecular weight excluding hydrogens is 332 g/mol. The van der Waals surface area contributed by atoms with Crippen molar-refractivity contribution in [3.8, 4) is 0 Å². The van der Waals surface area contributed by atoms with Crippen LogP contribution in [-0.2, 0) is 18.3 Å². The van der Waals surface area contributed by atoms with E-state index in [-0.39, 0.29) is 11.8 Å². The van der Waals surface area contributed by atoms with Crippen LogP contribution in [-0.4, -0.2) is 65.2 Å². The van der Waals surface area contributed by atoms with Crippen molar-refractivity contribution in [2.24, 2.45) is 7.05 Å². The van der Waals surface area contributed by atoms with Crippen molar-refractivity contribution in [2.75, 3.05) is 43.5 Å². The van der Waals surface area contributed by atoms with Crippen molar-refractivity contribution in [3.05, 3.63) is 35.9 Å². The predicted octanol–water partition coefficient (Wildman–Crippen LogP) is 0.932. The highest BCUT2D eigenvalue weighted by Gasteiger charge is 2.29. The lowest BCUT2D eigenvalue weighted by Crippen LogP contribution is -2.36. The summed E-state index contributed by atoms with van der Waals surface area (Å²) in [5, 5.41) is 3.97. The number of benzene rings is 1. The molecule has 8 heteroatoms. The van der Waals surface area contributed by atoms with E-state index >= 15 is 0 Å². The smallest absolute Gasteiger partial charge is 0.295 e. The maximum atomic E-state index is 12.8. The summed E-state index contributed by atoms with van der Waals surface area (Å²) in [6, 6.07) is 5.82. The quantitative estimate of drug-likeness (QED) is 0.797. The number of carbonyl (C=O) groups excluding carboxylic acids is 2. The van der Waals surface area contributed by atoms with E-state index in [2.05, 4.69) is 10.1 Å². The second-order valence-corrected chi connectivity index (χ2v) is 6.51. The van der Waals surface area contributed by atoms with Crippen LogP contribution in [0.15, 0.2) is 24.5 Å². The van der Waals surface area contributed by atoms with Crippen LogP contribution in [0.3, 0.4) is 0 Å². The van der Waals surface area contributed by atoms with E-state index in [4.69, 9.17) is 0 Å². The second-order valence-electron chi connectivity index (χ2n) is 6.51. The Hall–Kier alpha value is -2.74. The number of nitrogens with zero attached hydrogens (tertiary/aromatic N) is 6. The summed E-state index contributed by atoms with van der Waals surface area (Å²) < 4.78 is 1.47. The second kappa shape index (κ2) is 7.25. The number of amides is 2. The normalized spacial score (nSPS) is 13.2. The summed E-state index contributed by atoms with van der Waals surface area (Å²) in [6.07, 6.45) is 2.16. The minimum Gasteiger partial charge on any atom is -0.314 e. The molecule has 0 N–H and O–H groups in total. The Balaban J connectivity index is 1.84. The van der Waals surface area contributed by atoms with E-state index in [1.165, 1.54) is 11.0 Å². The van der Waals surface area contributed by atoms with Crippen LogP contribution < -0.4 is 9.80 Å². The molecule has 0 fully saturated rings. The summed E-state index contributed by atoms with van der Waals surface area (Å²) >= 11 is 0. The summed E-state index contributed by atoms with van der Waals surface area (Å²) in [7, 11) is 5.37. The molecule has 0 unspecified atom stereocenters. The highest BCUT2D eigenvalue weighted by atomic mass is 16.2. The van der Waals surface area contributed by atoms with Crippen molar-refractivity contribution in [1.29, 1.82) is 0 Å². The van der Waals surface area contributed by atoms with Gasteiger partial charge in [-0.1, -0.05) is 13.0 Å². The monoisotopic (exact) mass is 356 g/mol. The fraction of sp³-hybridized carbons (Fsp3) is 0.444. The number of rotatable bonds is 5. The van der Waals surface area contributed by atoms with E-state index in [1.54, 1.807) is 23.9 Å². The van der Waals surface area contributed by atoms with Crippen molar-refractivity contribution in [2.45, 2.75) is 13.3 Å². The lowest BCUT2D eigenvalue weighted by atomic mass is 10.1. The van der Waals surface area contributed by atoms with Crippen molar-refractivity contribution in [1.82, 2.24) is 19.7 Å². The van der Waals surface area contributed by atoms with Crippen LogP contribution in [0.5, 0.6) is 0 Å². The zero-order chi connectivity index (χ0) is 18.8. The fourth-order valence-corrected chi connectivity index (χ4v) is 2.99. The van der Waals surface area contributed by atoms with Gasteiger partial charge in [-0.05, 0) is 37.7 Å². The Labute approximate surface area is 153 Å². The maximum absolute atomic E-state index is 12.8. The van der Waals surface area contributed by atoms with Crippen LogP contribution in [0.1, 0.15) is 23.1 Å². The molecule has 0 atom stereocenters. The third-order valence-corrected chi connectivity index (χ3v) is 4.82. The van der Waals surface area contributed by atoms with Gasteiger partial charge in [-0.3, -0.25) is 14.5 Å². The molecular formula is C18H24N6O2. The Morgan fingerprint density at radius 2 is 2.04 bits per heavy atom. The van der Waals surface area contributed by atoms with Gasteiger partial charge in [0.25, 0.3) is 5.91 Å². The van der Waals surface area contributed by atoms with E-state index in [1.807, 2.05) is 37.1 Å². The fourth-order valence-electron chi connectivity index (χ4n) is 2.99. The molecule has 0 spiro atoms. The Morgan fingerprint density at radius 1 is 1.27 bits per heavy atom. The summed E-state index contributed by atoms with van der Waals surface area (Å²) in [5.74, 6) is 0.135. The molecule has 2 amide bonds. The molecule has 0 bridgehead atoms. The van der Waals surface area contributed by atoms with Crippen molar-refractivity contribution >= 4 is 23.2 Å². The number of aromatic nitrogens is 3. The average molecular weight is 356 g/mol. The first-order chi connectivity index (χ1) is 12.4. The number of likely N-dealkylation sites (N-methyl/N-ethyl adjacent to an activating group) is 2. The molecule has 0 saturated carbocycles. The average Bonchev–Trinajstić information content (AvgIpc) is 3.25. The Bertz CT molecular complexity index is 831. The number of anilines is 2. The van der Waals surface area contributed by atoms with Gasteiger partial charge in [0.05, 0.1) is 6.54 Å². The molecule has 138 valence electrons. The van der Waals surface area contributed by atoms with Crippen LogP contribution in [0.25, 0.3) is 0 Å². The van der Waals surface area contributed by atoms with Gasteiger partial charge in [-0.25, -0.2) is 9.67 Å². The molecule has 3 rings (SSSR count). The molecule has 26 heavy (non-hydrogen) atoms. The summed E-state index contributed by atoms with van der Waals surface area (Å²) in [6.45, 7) is 3.77.